The van der Waals surface area contributed by atoms with Gasteiger partial charge < -0.3 is 14.7 Å². The number of nitrogens with one attached hydrogen (secondary N) is 2. The Balaban J connectivity index is 1.45. The van der Waals surface area contributed by atoms with Crippen molar-refractivity contribution in [2.75, 3.05) is 18.4 Å². The summed E-state index contributed by atoms with van der Waals surface area (Å²) in [6, 6.07) is 10.1. The van der Waals surface area contributed by atoms with Crippen molar-refractivity contribution in [2.45, 2.75) is 24.9 Å². The summed E-state index contributed by atoms with van der Waals surface area (Å²) in [6.07, 6.45) is 2.18. The standard InChI is InChI=1S/C15H17N5O2/c21-15(20-9-11-6-7-12(20)8-16-11)18-14-17-13(19-22-14)10-4-2-1-3-5-10/h1-5,11-12,16H,6-9H2,(H,17,18,19,21). The van der Waals surface area contributed by atoms with Crippen LogP contribution in [0.4, 0.5) is 10.8 Å². The van der Waals surface area contributed by atoms with Gasteiger partial charge in [-0.25, -0.2) is 4.79 Å². The molecular weight excluding hydrogens is 282 g/mol. The van der Waals surface area contributed by atoms with Gasteiger partial charge in [0.05, 0.1) is 0 Å². The second-order valence-electron chi connectivity index (χ2n) is 5.71. The minimum Gasteiger partial charge on any atom is -0.319 e. The molecule has 0 saturated carbocycles. The lowest BCUT2D eigenvalue weighted by atomic mass is 9.93. The van der Waals surface area contributed by atoms with Gasteiger partial charge in [0, 0.05) is 30.7 Å². The van der Waals surface area contributed by atoms with Crippen LogP contribution in [0.2, 0.25) is 0 Å². The van der Waals surface area contributed by atoms with Gasteiger partial charge in [-0.15, -0.1) is 0 Å². The Morgan fingerprint density at radius 1 is 1.32 bits per heavy atom. The smallest absolute Gasteiger partial charge is 0.319 e. The molecule has 114 valence electrons. The number of fused-ring (bicyclic) bond motifs is 3. The highest BCUT2D eigenvalue weighted by Crippen LogP contribution is 2.23. The van der Waals surface area contributed by atoms with Gasteiger partial charge >= 0.3 is 12.0 Å². The number of amides is 2. The summed E-state index contributed by atoms with van der Waals surface area (Å²) < 4.78 is 5.13. The third kappa shape index (κ3) is 2.43. The third-order valence-electron chi connectivity index (χ3n) is 4.28. The fraction of sp³-hybridized carbons (Fsp3) is 0.400. The number of anilines is 1. The Bertz CT molecular complexity index is 664. The van der Waals surface area contributed by atoms with Crippen LogP contribution < -0.4 is 10.6 Å². The molecule has 2 bridgehead atoms. The molecule has 0 spiro atoms. The topological polar surface area (TPSA) is 83.3 Å². The van der Waals surface area contributed by atoms with Crippen molar-refractivity contribution in [3.8, 4) is 11.4 Å². The van der Waals surface area contributed by atoms with Crippen molar-refractivity contribution in [1.82, 2.24) is 20.4 Å². The summed E-state index contributed by atoms with van der Waals surface area (Å²) in [5.74, 6) is 0.470. The minimum atomic E-state index is -0.167. The first-order valence-electron chi connectivity index (χ1n) is 7.50. The first-order chi connectivity index (χ1) is 10.8. The Morgan fingerprint density at radius 3 is 2.86 bits per heavy atom. The molecule has 22 heavy (non-hydrogen) atoms. The molecule has 0 aliphatic carbocycles. The van der Waals surface area contributed by atoms with Crippen molar-refractivity contribution in [2.24, 2.45) is 0 Å². The van der Waals surface area contributed by atoms with Crippen molar-refractivity contribution >= 4 is 12.0 Å². The number of urea groups is 1. The van der Waals surface area contributed by atoms with E-state index in [0.29, 0.717) is 11.9 Å². The number of hydrogen-bond donors (Lipinski definition) is 2. The van der Waals surface area contributed by atoms with Gasteiger partial charge in [0.1, 0.15) is 0 Å². The fourth-order valence-corrected chi connectivity index (χ4v) is 3.10. The third-order valence-corrected chi connectivity index (χ3v) is 4.28. The second kappa shape index (κ2) is 5.42. The summed E-state index contributed by atoms with van der Waals surface area (Å²) in [4.78, 5) is 18.4. The fourth-order valence-electron chi connectivity index (χ4n) is 3.10. The van der Waals surface area contributed by atoms with E-state index in [4.69, 9.17) is 4.52 Å². The van der Waals surface area contributed by atoms with E-state index >= 15 is 0 Å². The number of piperazine rings is 1. The molecule has 7 nitrogen and oxygen atoms in total. The Kier molecular flexibility index (Phi) is 3.27. The molecule has 2 N–H and O–H groups in total. The monoisotopic (exact) mass is 299 g/mol. The van der Waals surface area contributed by atoms with Crippen LogP contribution in [-0.2, 0) is 0 Å². The van der Waals surface area contributed by atoms with E-state index in [-0.39, 0.29) is 18.1 Å². The maximum Gasteiger partial charge on any atom is 0.329 e. The molecule has 3 fully saturated rings. The molecule has 2 aromatic rings. The van der Waals surface area contributed by atoms with Crippen LogP contribution in [0.3, 0.4) is 0 Å². The van der Waals surface area contributed by atoms with Gasteiger partial charge in [0.15, 0.2) is 0 Å². The number of piperidine rings is 2. The van der Waals surface area contributed by atoms with E-state index in [2.05, 4.69) is 20.8 Å². The lowest BCUT2D eigenvalue weighted by Crippen LogP contribution is -2.63. The molecule has 7 heteroatoms. The number of aromatic nitrogens is 2. The summed E-state index contributed by atoms with van der Waals surface area (Å²) in [7, 11) is 0. The SMILES string of the molecule is O=C(Nc1nc(-c2ccccc2)no1)N1CC2CCC1CN2. The maximum atomic E-state index is 12.4. The van der Waals surface area contributed by atoms with Gasteiger partial charge in [0.2, 0.25) is 5.82 Å². The number of carbonyl (C=O) groups excluding carboxylic acids is 1. The van der Waals surface area contributed by atoms with E-state index in [9.17, 15) is 4.79 Å². The molecule has 5 rings (SSSR count). The number of rotatable bonds is 2. The molecular formula is C15H17N5O2. The Morgan fingerprint density at radius 2 is 2.18 bits per heavy atom. The predicted molar refractivity (Wildman–Crippen MR) is 80.3 cm³/mol. The van der Waals surface area contributed by atoms with Gasteiger partial charge in [-0.1, -0.05) is 35.5 Å². The second-order valence-corrected chi connectivity index (χ2v) is 5.71. The van der Waals surface area contributed by atoms with E-state index in [1.807, 2.05) is 35.2 Å². The normalized spacial score (nSPS) is 23.5. The van der Waals surface area contributed by atoms with E-state index in [0.717, 1.165) is 31.5 Å². The van der Waals surface area contributed by atoms with Gasteiger partial charge in [0.25, 0.3) is 0 Å². The highest BCUT2D eigenvalue weighted by atomic mass is 16.5. The zero-order valence-corrected chi connectivity index (χ0v) is 12.0. The van der Waals surface area contributed by atoms with E-state index < -0.39 is 0 Å². The summed E-state index contributed by atoms with van der Waals surface area (Å²) >= 11 is 0. The Hall–Kier alpha value is -2.41. The zero-order valence-electron chi connectivity index (χ0n) is 12.0. The van der Waals surface area contributed by atoms with Crippen molar-refractivity contribution < 1.29 is 9.32 Å². The van der Waals surface area contributed by atoms with Crippen LogP contribution in [0, 0.1) is 0 Å². The molecule has 3 aliphatic rings. The first kappa shape index (κ1) is 13.3. The average Bonchev–Trinajstić information content (AvgIpc) is 3.05. The van der Waals surface area contributed by atoms with Crippen LogP contribution in [0.5, 0.6) is 0 Å². The molecule has 1 aromatic carbocycles. The lowest BCUT2D eigenvalue weighted by molar-refractivity contribution is 0.105. The minimum absolute atomic E-state index is 0.137. The van der Waals surface area contributed by atoms with Gasteiger partial charge in [-0.05, 0) is 12.8 Å². The summed E-state index contributed by atoms with van der Waals surface area (Å²) in [5.41, 5.74) is 0.855. The number of benzene rings is 1. The molecule has 4 heterocycles. The largest absolute Gasteiger partial charge is 0.329 e. The summed E-state index contributed by atoms with van der Waals surface area (Å²) in [5, 5.41) is 10.0. The molecule has 0 radical (unpaired) electrons. The maximum absolute atomic E-state index is 12.4. The molecule has 2 amide bonds. The van der Waals surface area contributed by atoms with Crippen LogP contribution in [0.25, 0.3) is 11.4 Å². The molecule has 1 aromatic heterocycles. The number of carbonyl (C=O) groups is 1. The zero-order chi connectivity index (χ0) is 14.9. The highest BCUT2D eigenvalue weighted by Gasteiger charge is 2.36. The molecule has 2 atom stereocenters. The predicted octanol–water partition coefficient (Wildman–Crippen LogP) is 1.70. The molecule has 3 saturated heterocycles. The van der Waals surface area contributed by atoms with Crippen molar-refractivity contribution in [1.29, 1.82) is 0 Å². The average molecular weight is 299 g/mol. The van der Waals surface area contributed by atoms with E-state index in [1.165, 1.54) is 0 Å². The number of nitrogens with zero attached hydrogens (tertiary/aromatic N) is 3. The van der Waals surface area contributed by atoms with Crippen LogP contribution in [0.15, 0.2) is 34.9 Å². The van der Waals surface area contributed by atoms with Crippen molar-refractivity contribution in [3.05, 3.63) is 30.3 Å². The van der Waals surface area contributed by atoms with Crippen molar-refractivity contribution in [3.63, 3.8) is 0 Å². The number of hydrogen-bond acceptors (Lipinski definition) is 5. The highest BCUT2D eigenvalue weighted by molar-refractivity contribution is 5.87. The van der Waals surface area contributed by atoms with Crippen LogP contribution in [0.1, 0.15) is 12.8 Å². The van der Waals surface area contributed by atoms with E-state index in [1.54, 1.807) is 0 Å². The summed E-state index contributed by atoms with van der Waals surface area (Å²) in [6.45, 7) is 1.59. The molecule has 3 aliphatic heterocycles. The lowest BCUT2D eigenvalue weighted by Gasteiger charge is -2.45. The Labute approximate surface area is 127 Å². The van der Waals surface area contributed by atoms with Gasteiger partial charge in [-0.2, -0.15) is 4.98 Å². The van der Waals surface area contributed by atoms with Crippen LogP contribution >= 0.6 is 0 Å². The first-order valence-corrected chi connectivity index (χ1v) is 7.50. The van der Waals surface area contributed by atoms with Crippen LogP contribution in [-0.4, -0.2) is 46.2 Å². The van der Waals surface area contributed by atoms with Gasteiger partial charge in [-0.3, -0.25) is 5.32 Å². The molecule has 2 unspecified atom stereocenters. The quantitative estimate of drug-likeness (QED) is 0.882.